The molecule has 0 radical (unpaired) electrons. The summed E-state index contributed by atoms with van der Waals surface area (Å²) in [6.07, 6.45) is -1.10. The molecule has 0 aromatic rings. The van der Waals surface area contributed by atoms with Crippen molar-refractivity contribution in [1.29, 1.82) is 0 Å². The van der Waals surface area contributed by atoms with Crippen LogP contribution in [-0.4, -0.2) is 38.2 Å². The van der Waals surface area contributed by atoms with Gasteiger partial charge in [-0.3, -0.25) is 4.52 Å². The van der Waals surface area contributed by atoms with Crippen LogP contribution in [0.4, 0.5) is 0 Å². The van der Waals surface area contributed by atoms with Crippen LogP contribution in [0.5, 0.6) is 0 Å². The minimum atomic E-state index is -4.73. The van der Waals surface area contributed by atoms with E-state index in [4.69, 9.17) is 14.9 Å². The van der Waals surface area contributed by atoms with E-state index >= 15 is 0 Å². The van der Waals surface area contributed by atoms with Crippen LogP contribution in [0.2, 0.25) is 0 Å². The summed E-state index contributed by atoms with van der Waals surface area (Å²) in [4.78, 5) is 27.6. The monoisotopic (exact) mass is 238 g/mol. The molecule has 1 aliphatic rings. The van der Waals surface area contributed by atoms with Gasteiger partial charge in [0.15, 0.2) is 0 Å². The number of aliphatic carboxylic acids is 1. The fourth-order valence-electron chi connectivity index (χ4n) is 1.30. The number of carbonyl (C=O) groups is 1. The third-order valence-corrected chi connectivity index (χ3v) is 2.51. The normalized spacial score (nSPS) is 27.3. The average molecular weight is 238 g/mol. The zero-order valence-electron chi connectivity index (χ0n) is 7.61. The first-order chi connectivity index (χ1) is 6.79. The van der Waals surface area contributed by atoms with E-state index in [9.17, 15) is 14.5 Å². The summed E-state index contributed by atoms with van der Waals surface area (Å²) < 4.78 is 14.8. The van der Waals surface area contributed by atoms with Gasteiger partial charge in [0.25, 0.3) is 0 Å². The SMILES string of the molecule is O=C(O)C1=C[C@@H](OP(=O)(O)O)[C@@H](O)CC1. The molecule has 0 aromatic carbocycles. The van der Waals surface area contributed by atoms with Gasteiger partial charge in [0, 0.05) is 5.57 Å². The van der Waals surface area contributed by atoms with Crippen LogP contribution in [-0.2, 0) is 13.9 Å². The van der Waals surface area contributed by atoms with E-state index < -0.39 is 26.0 Å². The van der Waals surface area contributed by atoms with Gasteiger partial charge in [-0.05, 0) is 18.9 Å². The number of aliphatic hydroxyl groups is 1. The molecule has 0 saturated carbocycles. The van der Waals surface area contributed by atoms with Gasteiger partial charge in [-0.2, -0.15) is 0 Å². The van der Waals surface area contributed by atoms with E-state index in [0.717, 1.165) is 6.08 Å². The number of hydrogen-bond donors (Lipinski definition) is 4. The topological polar surface area (TPSA) is 124 Å². The second-order valence-corrected chi connectivity index (χ2v) is 4.36. The zero-order chi connectivity index (χ0) is 11.6. The fourth-order valence-corrected chi connectivity index (χ4v) is 1.82. The van der Waals surface area contributed by atoms with Gasteiger partial charge in [-0.1, -0.05) is 0 Å². The van der Waals surface area contributed by atoms with Gasteiger partial charge >= 0.3 is 13.8 Å². The Balaban J connectivity index is 2.81. The van der Waals surface area contributed by atoms with E-state index in [0.29, 0.717) is 0 Å². The number of hydrogen-bond acceptors (Lipinski definition) is 4. The Morgan fingerprint density at radius 1 is 1.53 bits per heavy atom. The number of phosphoric acid groups is 1. The van der Waals surface area contributed by atoms with Gasteiger partial charge < -0.3 is 20.0 Å². The maximum Gasteiger partial charge on any atom is 0.470 e. The molecule has 1 rings (SSSR count). The highest BCUT2D eigenvalue weighted by Crippen LogP contribution is 2.40. The molecule has 7 nitrogen and oxygen atoms in total. The van der Waals surface area contributed by atoms with Crippen molar-refractivity contribution in [3.63, 3.8) is 0 Å². The molecule has 8 heteroatoms. The third kappa shape index (κ3) is 3.73. The van der Waals surface area contributed by atoms with Gasteiger partial charge in [-0.25, -0.2) is 9.36 Å². The summed E-state index contributed by atoms with van der Waals surface area (Å²) in [6.45, 7) is 0. The van der Waals surface area contributed by atoms with E-state index in [2.05, 4.69) is 4.52 Å². The van der Waals surface area contributed by atoms with E-state index in [-0.39, 0.29) is 18.4 Å². The van der Waals surface area contributed by atoms with Crippen LogP contribution >= 0.6 is 7.82 Å². The summed E-state index contributed by atoms with van der Waals surface area (Å²) in [5.74, 6) is -1.18. The first-order valence-electron chi connectivity index (χ1n) is 4.15. The Morgan fingerprint density at radius 2 is 2.13 bits per heavy atom. The van der Waals surface area contributed by atoms with Crippen molar-refractivity contribution in [2.45, 2.75) is 25.0 Å². The highest BCUT2D eigenvalue weighted by molar-refractivity contribution is 7.46. The zero-order valence-corrected chi connectivity index (χ0v) is 8.50. The second kappa shape index (κ2) is 4.42. The summed E-state index contributed by atoms with van der Waals surface area (Å²) in [5.41, 5.74) is -0.0150. The average Bonchev–Trinajstić information content (AvgIpc) is 2.06. The Bertz CT molecular complexity index is 330. The molecular weight excluding hydrogens is 227 g/mol. The smallest absolute Gasteiger partial charge is 0.470 e. The van der Waals surface area contributed by atoms with Crippen molar-refractivity contribution in [3.8, 4) is 0 Å². The summed E-state index contributed by atoms with van der Waals surface area (Å²) >= 11 is 0. The predicted molar refractivity (Wildman–Crippen MR) is 47.9 cm³/mol. The van der Waals surface area contributed by atoms with Crippen molar-refractivity contribution in [2.75, 3.05) is 0 Å². The van der Waals surface area contributed by atoms with Crippen molar-refractivity contribution in [2.24, 2.45) is 0 Å². The molecule has 0 saturated heterocycles. The Hall–Kier alpha value is -0.720. The Kier molecular flexibility index (Phi) is 3.64. The van der Waals surface area contributed by atoms with Crippen LogP contribution in [0.15, 0.2) is 11.6 Å². The van der Waals surface area contributed by atoms with Crippen molar-refractivity contribution < 1.29 is 33.9 Å². The lowest BCUT2D eigenvalue weighted by molar-refractivity contribution is -0.133. The van der Waals surface area contributed by atoms with E-state index in [1.807, 2.05) is 0 Å². The van der Waals surface area contributed by atoms with Gasteiger partial charge in [0.05, 0.1) is 6.10 Å². The summed E-state index contributed by atoms with van der Waals surface area (Å²) in [5, 5.41) is 18.0. The lowest BCUT2D eigenvalue weighted by atomic mass is 9.95. The molecule has 0 fully saturated rings. The molecule has 0 bridgehead atoms. The van der Waals surface area contributed by atoms with Gasteiger partial charge in [-0.15, -0.1) is 0 Å². The van der Waals surface area contributed by atoms with Crippen molar-refractivity contribution in [1.82, 2.24) is 0 Å². The molecule has 0 amide bonds. The molecule has 0 aliphatic heterocycles. The molecule has 15 heavy (non-hydrogen) atoms. The quantitative estimate of drug-likeness (QED) is 0.494. The maximum absolute atomic E-state index is 10.6. The highest BCUT2D eigenvalue weighted by atomic mass is 31.2. The molecule has 1 aliphatic carbocycles. The molecule has 0 spiro atoms. The first-order valence-corrected chi connectivity index (χ1v) is 5.68. The highest BCUT2D eigenvalue weighted by Gasteiger charge is 2.31. The number of aliphatic hydroxyl groups excluding tert-OH is 1. The van der Waals surface area contributed by atoms with Crippen LogP contribution in [0, 0.1) is 0 Å². The van der Waals surface area contributed by atoms with E-state index in [1.54, 1.807) is 0 Å². The fraction of sp³-hybridized carbons (Fsp3) is 0.571. The standard InChI is InChI=1S/C7H11O7P/c8-5-2-1-4(7(9)10)3-6(5)14-15(11,12)13/h3,5-6,8H,1-2H2,(H,9,10)(H2,11,12,13)/t5-,6+/m0/s1. The second-order valence-electron chi connectivity index (χ2n) is 3.16. The molecule has 0 unspecified atom stereocenters. The molecule has 0 aromatic heterocycles. The predicted octanol–water partition coefficient (Wildman–Crippen LogP) is -0.370. The molecular formula is C7H11O7P. The van der Waals surface area contributed by atoms with Crippen LogP contribution < -0.4 is 0 Å². The van der Waals surface area contributed by atoms with Crippen LogP contribution in [0.3, 0.4) is 0 Å². The lowest BCUT2D eigenvalue weighted by Gasteiger charge is -2.25. The van der Waals surface area contributed by atoms with Crippen molar-refractivity contribution >= 4 is 13.8 Å². The molecule has 2 atom stereocenters. The first kappa shape index (κ1) is 12.4. The largest absolute Gasteiger partial charge is 0.478 e. The number of rotatable bonds is 3. The number of phosphoric ester groups is 1. The molecule has 0 heterocycles. The lowest BCUT2D eigenvalue weighted by Crippen LogP contribution is -2.31. The maximum atomic E-state index is 10.6. The van der Waals surface area contributed by atoms with E-state index in [1.165, 1.54) is 0 Å². The van der Waals surface area contributed by atoms with Crippen molar-refractivity contribution in [3.05, 3.63) is 11.6 Å². The molecule has 86 valence electrons. The molecule has 4 N–H and O–H groups in total. The summed E-state index contributed by atoms with van der Waals surface area (Å²) in [6, 6.07) is 0. The van der Waals surface area contributed by atoms with Crippen LogP contribution in [0.1, 0.15) is 12.8 Å². The van der Waals surface area contributed by atoms with Gasteiger partial charge in [0.2, 0.25) is 0 Å². The Morgan fingerprint density at radius 3 is 2.60 bits per heavy atom. The Labute approximate surface area is 85.2 Å². The number of carboxylic acids is 1. The number of carboxylic acid groups (broad SMARTS) is 1. The van der Waals surface area contributed by atoms with Crippen LogP contribution in [0.25, 0.3) is 0 Å². The minimum absolute atomic E-state index is 0.0150. The minimum Gasteiger partial charge on any atom is -0.478 e. The third-order valence-electron chi connectivity index (χ3n) is 1.99. The summed E-state index contributed by atoms with van der Waals surface area (Å²) in [7, 11) is -4.73. The van der Waals surface area contributed by atoms with Gasteiger partial charge in [0.1, 0.15) is 6.10 Å².